The Morgan fingerprint density at radius 3 is 2.56 bits per heavy atom. The van der Waals surface area contributed by atoms with Crippen molar-refractivity contribution < 1.29 is 4.39 Å². The number of hydrogen-bond acceptors (Lipinski definition) is 3. The minimum Gasteiger partial charge on any atom is -0.314 e. The van der Waals surface area contributed by atoms with Crippen LogP contribution in [-0.2, 0) is 0 Å². The molecule has 1 aromatic heterocycles. The summed E-state index contributed by atoms with van der Waals surface area (Å²) >= 11 is 1.65. The third kappa shape index (κ3) is 3.86. The highest BCUT2D eigenvalue weighted by atomic mass is 35.5. The molecule has 0 aromatic carbocycles. The standard InChI is InChI=1S/C10H15FN2S.2ClH/c11-8-9(10-2-1-7-14-10)13-5-3-12-4-6-13;;/h1-2,7,9,12H,3-6,8H2;2*1H/t9-;;/m0../s1. The lowest BCUT2D eigenvalue weighted by Crippen LogP contribution is -2.45. The molecule has 1 aromatic rings. The van der Waals surface area contributed by atoms with E-state index in [1.165, 1.54) is 0 Å². The van der Waals surface area contributed by atoms with Crippen molar-refractivity contribution in [1.29, 1.82) is 0 Å². The summed E-state index contributed by atoms with van der Waals surface area (Å²) in [6.45, 7) is 3.57. The lowest BCUT2D eigenvalue weighted by molar-refractivity contribution is 0.150. The van der Waals surface area contributed by atoms with Gasteiger partial charge in [0.05, 0.1) is 6.04 Å². The number of alkyl halides is 1. The van der Waals surface area contributed by atoms with Gasteiger partial charge in [0.1, 0.15) is 6.67 Å². The predicted molar refractivity (Wildman–Crippen MR) is 72.0 cm³/mol. The molecule has 1 aliphatic heterocycles. The highest BCUT2D eigenvalue weighted by Crippen LogP contribution is 2.25. The fraction of sp³-hybridized carbons (Fsp3) is 0.600. The number of rotatable bonds is 3. The van der Waals surface area contributed by atoms with Gasteiger partial charge in [-0.25, -0.2) is 4.39 Å². The molecule has 16 heavy (non-hydrogen) atoms. The lowest BCUT2D eigenvalue weighted by Gasteiger charge is -2.32. The predicted octanol–water partition coefficient (Wildman–Crippen LogP) is 2.51. The average Bonchev–Trinajstić information content (AvgIpc) is 2.74. The molecule has 0 radical (unpaired) electrons. The van der Waals surface area contributed by atoms with Gasteiger partial charge in [-0.1, -0.05) is 6.07 Å². The minimum atomic E-state index is -0.277. The van der Waals surface area contributed by atoms with E-state index in [9.17, 15) is 4.39 Å². The maximum Gasteiger partial charge on any atom is 0.110 e. The quantitative estimate of drug-likeness (QED) is 0.919. The fourth-order valence-electron chi connectivity index (χ4n) is 1.83. The van der Waals surface area contributed by atoms with Gasteiger partial charge < -0.3 is 5.32 Å². The molecule has 1 N–H and O–H groups in total. The van der Waals surface area contributed by atoms with Crippen molar-refractivity contribution >= 4 is 36.2 Å². The van der Waals surface area contributed by atoms with Crippen molar-refractivity contribution in [3.8, 4) is 0 Å². The summed E-state index contributed by atoms with van der Waals surface area (Å²) in [4.78, 5) is 3.37. The maximum atomic E-state index is 12.9. The number of nitrogens with one attached hydrogen (secondary N) is 1. The first-order valence-corrected chi connectivity index (χ1v) is 5.84. The van der Waals surface area contributed by atoms with Gasteiger partial charge in [0.15, 0.2) is 0 Å². The third-order valence-corrected chi connectivity index (χ3v) is 3.58. The maximum absolute atomic E-state index is 12.9. The molecule has 0 spiro atoms. The van der Waals surface area contributed by atoms with E-state index in [0.717, 1.165) is 31.1 Å². The second kappa shape index (κ2) is 8.25. The zero-order chi connectivity index (χ0) is 9.80. The van der Waals surface area contributed by atoms with Crippen LogP contribution >= 0.6 is 36.2 Å². The SMILES string of the molecule is Cl.Cl.FC[C@@H](c1cccs1)N1CCNCC1. The summed E-state index contributed by atoms with van der Waals surface area (Å²) in [5.74, 6) is 0. The Morgan fingerprint density at radius 1 is 1.38 bits per heavy atom. The van der Waals surface area contributed by atoms with Crippen LogP contribution in [0, 0.1) is 0 Å². The van der Waals surface area contributed by atoms with E-state index in [1.807, 2.05) is 17.5 Å². The van der Waals surface area contributed by atoms with E-state index in [-0.39, 0.29) is 37.5 Å². The van der Waals surface area contributed by atoms with E-state index >= 15 is 0 Å². The van der Waals surface area contributed by atoms with E-state index in [4.69, 9.17) is 0 Å². The Labute approximate surface area is 112 Å². The van der Waals surface area contributed by atoms with E-state index in [0.29, 0.717) is 0 Å². The van der Waals surface area contributed by atoms with Crippen LogP contribution in [0.5, 0.6) is 0 Å². The number of nitrogens with zero attached hydrogens (tertiary/aromatic N) is 1. The van der Waals surface area contributed by atoms with Crippen LogP contribution in [0.4, 0.5) is 4.39 Å². The van der Waals surface area contributed by atoms with Gasteiger partial charge in [-0.3, -0.25) is 4.90 Å². The van der Waals surface area contributed by atoms with Gasteiger partial charge in [0.2, 0.25) is 0 Å². The summed E-state index contributed by atoms with van der Waals surface area (Å²) in [5.41, 5.74) is 0. The van der Waals surface area contributed by atoms with Crippen molar-refractivity contribution in [3.63, 3.8) is 0 Å². The Balaban J connectivity index is 0.00000112. The molecule has 94 valence electrons. The summed E-state index contributed by atoms with van der Waals surface area (Å²) in [7, 11) is 0. The Hall–Kier alpha value is 0.130. The first-order valence-electron chi connectivity index (χ1n) is 4.96. The fourth-order valence-corrected chi connectivity index (χ4v) is 2.67. The molecule has 1 saturated heterocycles. The van der Waals surface area contributed by atoms with Crippen molar-refractivity contribution in [3.05, 3.63) is 22.4 Å². The van der Waals surface area contributed by atoms with Crippen LogP contribution in [0.15, 0.2) is 17.5 Å². The molecule has 0 bridgehead atoms. The minimum absolute atomic E-state index is 0. The van der Waals surface area contributed by atoms with Gasteiger partial charge >= 0.3 is 0 Å². The second-order valence-corrected chi connectivity index (χ2v) is 4.45. The molecule has 6 heteroatoms. The van der Waals surface area contributed by atoms with Crippen molar-refractivity contribution in [2.75, 3.05) is 32.9 Å². The summed E-state index contributed by atoms with van der Waals surface area (Å²) < 4.78 is 12.9. The molecule has 1 aliphatic rings. The molecular formula is C10H17Cl2FN2S. The monoisotopic (exact) mass is 286 g/mol. The molecule has 0 aliphatic carbocycles. The first-order chi connectivity index (χ1) is 6.92. The van der Waals surface area contributed by atoms with Crippen LogP contribution in [0.3, 0.4) is 0 Å². The molecular weight excluding hydrogens is 270 g/mol. The Morgan fingerprint density at radius 2 is 2.06 bits per heavy atom. The highest BCUT2D eigenvalue weighted by Gasteiger charge is 2.22. The smallest absolute Gasteiger partial charge is 0.110 e. The topological polar surface area (TPSA) is 15.3 Å². The van der Waals surface area contributed by atoms with Crippen molar-refractivity contribution in [2.45, 2.75) is 6.04 Å². The highest BCUT2D eigenvalue weighted by molar-refractivity contribution is 7.10. The van der Waals surface area contributed by atoms with Gasteiger partial charge in [0, 0.05) is 31.1 Å². The molecule has 1 fully saturated rings. The Bertz CT molecular complexity index is 266. The van der Waals surface area contributed by atoms with Crippen LogP contribution < -0.4 is 5.32 Å². The zero-order valence-corrected chi connectivity index (χ0v) is 11.3. The van der Waals surface area contributed by atoms with Gasteiger partial charge in [-0.05, 0) is 11.4 Å². The van der Waals surface area contributed by atoms with Gasteiger partial charge in [-0.2, -0.15) is 0 Å². The lowest BCUT2D eigenvalue weighted by atomic mass is 10.2. The largest absolute Gasteiger partial charge is 0.314 e. The summed E-state index contributed by atoms with van der Waals surface area (Å²) in [5, 5.41) is 5.29. The number of piperazine rings is 1. The summed E-state index contributed by atoms with van der Waals surface area (Å²) in [6.07, 6.45) is 0. The first kappa shape index (κ1) is 16.1. The van der Waals surface area contributed by atoms with Crippen molar-refractivity contribution in [2.24, 2.45) is 0 Å². The summed E-state index contributed by atoms with van der Waals surface area (Å²) in [6, 6.07) is 4.00. The Kier molecular flexibility index (Phi) is 8.32. The molecule has 0 amide bonds. The molecule has 0 saturated carbocycles. The molecule has 0 unspecified atom stereocenters. The molecule has 2 rings (SSSR count). The molecule has 2 nitrogen and oxygen atoms in total. The van der Waals surface area contributed by atoms with E-state index in [1.54, 1.807) is 11.3 Å². The van der Waals surface area contributed by atoms with Crippen LogP contribution in [0.1, 0.15) is 10.9 Å². The van der Waals surface area contributed by atoms with Crippen LogP contribution in [0.25, 0.3) is 0 Å². The van der Waals surface area contributed by atoms with Crippen LogP contribution in [0.2, 0.25) is 0 Å². The number of halogens is 3. The molecule has 2 heterocycles. The van der Waals surface area contributed by atoms with Gasteiger partial charge in [0.25, 0.3) is 0 Å². The average molecular weight is 287 g/mol. The van der Waals surface area contributed by atoms with Gasteiger partial charge in [-0.15, -0.1) is 36.2 Å². The normalized spacial score (nSPS) is 18.3. The second-order valence-electron chi connectivity index (χ2n) is 3.47. The van der Waals surface area contributed by atoms with Crippen molar-refractivity contribution in [1.82, 2.24) is 10.2 Å². The zero-order valence-electron chi connectivity index (χ0n) is 8.89. The number of thiophene rings is 1. The van der Waals surface area contributed by atoms with Crippen LogP contribution in [-0.4, -0.2) is 37.8 Å². The number of hydrogen-bond donors (Lipinski definition) is 1. The van der Waals surface area contributed by atoms with E-state index < -0.39 is 0 Å². The molecule has 1 atom stereocenters. The van der Waals surface area contributed by atoms with E-state index in [2.05, 4.69) is 10.2 Å². The third-order valence-electron chi connectivity index (χ3n) is 2.61.